The Morgan fingerprint density at radius 2 is 2.11 bits per heavy atom. The van der Waals surface area contributed by atoms with Crippen LogP contribution in [0.2, 0.25) is 0 Å². The molecule has 0 fully saturated rings. The van der Waals surface area contributed by atoms with Crippen LogP contribution in [0.4, 0.5) is 5.69 Å². The lowest BCUT2D eigenvalue weighted by Gasteiger charge is -2.27. The molecule has 0 unspecified atom stereocenters. The molecule has 1 aliphatic rings. The summed E-state index contributed by atoms with van der Waals surface area (Å²) in [5, 5.41) is 0. The number of rotatable bonds is 2. The first-order chi connectivity index (χ1) is 8.95. The van der Waals surface area contributed by atoms with Crippen LogP contribution in [0, 0.1) is 0 Å². The molecule has 0 radical (unpaired) electrons. The number of aldehydes is 1. The fourth-order valence-corrected chi connectivity index (χ4v) is 2.87. The molecule has 1 aromatic rings. The minimum atomic E-state index is 0.192. The predicted octanol–water partition coefficient (Wildman–Crippen LogP) is 3.80. The first kappa shape index (κ1) is 13.9. The summed E-state index contributed by atoms with van der Waals surface area (Å²) in [7, 11) is 2.16. The summed E-state index contributed by atoms with van der Waals surface area (Å²) in [6.45, 7) is 7.73. The highest BCUT2D eigenvalue weighted by atomic mass is 16.1. The number of hydrogen-bond acceptors (Lipinski definition) is 2. The van der Waals surface area contributed by atoms with Gasteiger partial charge in [0, 0.05) is 19.3 Å². The monoisotopic (exact) mass is 257 g/mol. The van der Waals surface area contributed by atoms with Gasteiger partial charge in [0.15, 0.2) is 0 Å². The van der Waals surface area contributed by atoms with Gasteiger partial charge in [0.25, 0.3) is 0 Å². The van der Waals surface area contributed by atoms with Crippen LogP contribution < -0.4 is 4.90 Å². The van der Waals surface area contributed by atoms with Crippen molar-refractivity contribution in [3.8, 4) is 0 Å². The molecule has 1 aromatic carbocycles. The highest BCUT2D eigenvalue weighted by Gasteiger charge is 2.27. The van der Waals surface area contributed by atoms with Gasteiger partial charge in [0.2, 0.25) is 0 Å². The zero-order valence-corrected chi connectivity index (χ0v) is 12.4. The van der Waals surface area contributed by atoms with Crippen LogP contribution in [0.5, 0.6) is 0 Å². The maximum absolute atomic E-state index is 10.6. The molecule has 0 N–H and O–H groups in total. The second kappa shape index (κ2) is 5.20. The molecule has 0 aromatic heterocycles. The predicted molar refractivity (Wildman–Crippen MR) is 81.7 cm³/mol. The van der Waals surface area contributed by atoms with E-state index in [0.29, 0.717) is 0 Å². The maximum atomic E-state index is 10.6. The van der Waals surface area contributed by atoms with E-state index in [-0.39, 0.29) is 5.41 Å². The molecule has 0 saturated heterocycles. The number of fused-ring (bicyclic) bond motifs is 1. The van der Waals surface area contributed by atoms with Crippen molar-refractivity contribution in [1.29, 1.82) is 0 Å². The molecular formula is C17H23NO. The number of allylic oxidation sites excluding steroid dienone is 2. The zero-order valence-electron chi connectivity index (χ0n) is 12.4. The number of benzene rings is 1. The second-order valence-electron chi connectivity index (χ2n) is 6.13. The molecule has 0 amide bonds. The number of carbonyl (C=O) groups is 1. The van der Waals surface area contributed by atoms with Gasteiger partial charge >= 0.3 is 0 Å². The molecule has 0 spiro atoms. The first-order valence-electron chi connectivity index (χ1n) is 6.94. The quantitative estimate of drug-likeness (QED) is 0.593. The average molecular weight is 257 g/mol. The van der Waals surface area contributed by atoms with Crippen LogP contribution >= 0.6 is 0 Å². The Morgan fingerprint density at radius 1 is 1.37 bits per heavy atom. The lowest BCUT2D eigenvalue weighted by Crippen LogP contribution is -2.19. The largest absolute Gasteiger partial charge is 0.374 e. The first-order valence-corrected chi connectivity index (χ1v) is 6.94. The Morgan fingerprint density at radius 3 is 2.79 bits per heavy atom. The molecule has 0 bridgehead atoms. The van der Waals surface area contributed by atoms with Gasteiger partial charge in [-0.1, -0.05) is 19.9 Å². The average Bonchev–Trinajstić information content (AvgIpc) is 2.48. The van der Waals surface area contributed by atoms with Gasteiger partial charge in [-0.3, -0.25) is 4.79 Å². The van der Waals surface area contributed by atoms with Gasteiger partial charge in [-0.05, 0) is 60.1 Å². The van der Waals surface area contributed by atoms with Crippen LogP contribution in [-0.4, -0.2) is 19.9 Å². The third-order valence-corrected chi connectivity index (χ3v) is 4.21. The van der Waals surface area contributed by atoms with Crippen molar-refractivity contribution >= 4 is 17.5 Å². The summed E-state index contributed by atoms with van der Waals surface area (Å²) < 4.78 is 0. The second-order valence-corrected chi connectivity index (χ2v) is 6.13. The zero-order chi connectivity index (χ0) is 14.0. The van der Waals surface area contributed by atoms with Crippen LogP contribution in [-0.2, 0) is 10.2 Å². The molecule has 0 aliphatic carbocycles. The highest BCUT2D eigenvalue weighted by molar-refractivity contribution is 5.81. The number of anilines is 1. The molecule has 2 nitrogen and oxygen atoms in total. The smallest absolute Gasteiger partial charge is 0.143 e. The van der Waals surface area contributed by atoms with Crippen molar-refractivity contribution in [2.24, 2.45) is 0 Å². The Labute approximate surface area is 116 Å². The van der Waals surface area contributed by atoms with Crippen LogP contribution in [0.25, 0.3) is 5.57 Å². The van der Waals surface area contributed by atoms with Crippen molar-refractivity contribution in [3.63, 3.8) is 0 Å². The van der Waals surface area contributed by atoms with Gasteiger partial charge in [-0.15, -0.1) is 0 Å². The van der Waals surface area contributed by atoms with E-state index in [0.717, 1.165) is 24.0 Å². The Bertz CT molecular complexity index is 514. The fourth-order valence-electron chi connectivity index (χ4n) is 2.87. The molecule has 19 heavy (non-hydrogen) atoms. The molecule has 1 heterocycles. The van der Waals surface area contributed by atoms with E-state index in [1.165, 1.54) is 24.1 Å². The van der Waals surface area contributed by atoms with E-state index >= 15 is 0 Å². The maximum Gasteiger partial charge on any atom is 0.143 e. The summed E-state index contributed by atoms with van der Waals surface area (Å²) in [4.78, 5) is 13.0. The third-order valence-electron chi connectivity index (χ3n) is 4.21. The molecule has 102 valence electrons. The number of nitrogens with zero attached hydrogens (tertiary/aromatic N) is 1. The van der Waals surface area contributed by atoms with Crippen LogP contribution in [0.1, 0.15) is 44.7 Å². The summed E-state index contributed by atoms with van der Waals surface area (Å²) in [6.07, 6.45) is 4.91. The van der Waals surface area contributed by atoms with Crippen molar-refractivity contribution in [2.45, 2.75) is 39.0 Å². The lowest BCUT2D eigenvalue weighted by atomic mass is 9.79. The van der Waals surface area contributed by atoms with Crippen molar-refractivity contribution in [3.05, 3.63) is 35.4 Å². The topological polar surface area (TPSA) is 20.3 Å². The van der Waals surface area contributed by atoms with Gasteiger partial charge in [-0.2, -0.15) is 0 Å². The Kier molecular flexibility index (Phi) is 3.79. The summed E-state index contributed by atoms with van der Waals surface area (Å²) in [5.41, 5.74) is 5.08. The van der Waals surface area contributed by atoms with Crippen LogP contribution in [0.3, 0.4) is 0 Å². The Balaban J connectivity index is 2.55. The SMILES string of the molecule is CC(=CC=O)c1ccc2c(c1)C(C)(C)CCCN2C. The van der Waals surface area contributed by atoms with E-state index in [1.807, 2.05) is 6.92 Å². The minimum Gasteiger partial charge on any atom is -0.374 e. The number of carbonyl (C=O) groups excluding carboxylic acids is 1. The molecular weight excluding hydrogens is 234 g/mol. The van der Waals surface area contributed by atoms with Gasteiger partial charge in [-0.25, -0.2) is 0 Å². The molecule has 2 heteroatoms. The normalized spacial score (nSPS) is 18.7. The van der Waals surface area contributed by atoms with Gasteiger partial charge < -0.3 is 4.90 Å². The molecule has 1 aliphatic heterocycles. The fraction of sp³-hybridized carbons (Fsp3) is 0.471. The minimum absolute atomic E-state index is 0.192. The molecule has 0 saturated carbocycles. The van der Waals surface area contributed by atoms with E-state index in [2.05, 4.69) is 44.0 Å². The third kappa shape index (κ3) is 2.73. The summed E-state index contributed by atoms with van der Waals surface area (Å²) in [5.74, 6) is 0. The van der Waals surface area contributed by atoms with Crippen LogP contribution in [0.15, 0.2) is 24.3 Å². The van der Waals surface area contributed by atoms with Gasteiger partial charge in [0.05, 0.1) is 0 Å². The van der Waals surface area contributed by atoms with Crippen molar-refractivity contribution < 1.29 is 4.79 Å². The number of hydrogen-bond donors (Lipinski definition) is 0. The van der Waals surface area contributed by atoms with E-state index < -0.39 is 0 Å². The van der Waals surface area contributed by atoms with Gasteiger partial charge in [0.1, 0.15) is 6.29 Å². The standard InChI is InChI=1S/C17H23NO/c1-13(8-11-19)14-6-7-16-15(12-14)17(2,3)9-5-10-18(16)4/h6-8,11-12H,5,9-10H2,1-4H3. The van der Waals surface area contributed by atoms with Crippen molar-refractivity contribution in [2.75, 3.05) is 18.5 Å². The molecule has 0 atom stereocenters. The summed E-state index contributed by atoms with van der Waals surface area (Å²) >= 11 is 0. The van der Waals surface area contributed by atoms with E-state index in [1.54, 1.807) is 6.08 Å². The van der Waals surface area contributed by atoms with E-state index in [4.69, 9.17) is 0 Å². The summed E-state index contributed by atoms with van der Waals surface area (Å²) in [6, 6.07) is 6.57. The lowest BCUT2D eigenvalue weighted by molar-refractivity contribution is -0.104. The van der Waals surface area contributed by atoms with Crippen molar-refractivity contribution in [1.82, 2.24) is 0 Å². The highest BCUT2D eigenvalue weighted by Crippen LogP contribution is 2.39. The van der Waals surface area contributed by atoms with E-state index in [9.17, 15) is 4.79 Å². The molecule has 2 rings (SSSR count). The Hall–Kier alpha value is -1.57.